The molecule has 7 nitrogen and oxygen atoms in total. The van der Waals surface area contributed by atoms with Gasteiger partial charge in [-0.3, -0.25) is 0 Å². The van der Waals surface area contributed by atoms with Crippen molar-refractivity contribution in [2.24, 2.45) is 4.99 Å². The molecule has 1 aromatic carbocycles. The van der Waals surface area contributed by atoms with E-state index in [0.717, 1.165) is 63.0 Å². The summed E-state index contributed by atoms with van der Waals surface area (Å²) in [6.45, 7) is 4.40. The number of aliphatic hydroxyl groups excluding tert-OH is 1. The van der Waals surface area contributed by atoms with Crippen LogP contribution in [-0.4, -0.2) is 55.6 Å². The van der Waals surface area contributed by atoms with Gasteiger partial charge in [0.1, 0.15) is 0 Å². The Kier molecular flexibility index (Phi) is 10.3. The summed E-state index contributed by atoms with van der Waals surface area (Å²) in [6.07, 6.45) is 6.25. The van der Waals surface area contributed by atoms with Crippen LogP contribution < -0.4 is 10.6 Å². The van der Waals surface area contributed by atoms with Crippen LogP contribution in [-0.2, 0) is 16.6 Å². The number of aliphatic imine (C=N–C) groups is 1. The number of hydrogen-bond acceptors (Lipinski definition) is 4. The van der Waals surface area contributed by atoms with Gasteiger partial charge in [-0.25, -0.2) is 13.4 Å². The molecule has 1 saturated heterocycles. The van der Waals surface area contributed by atoms with Crippen LogP contribution in [0.2, 0.25) is 0 Å². The quantitative estimate of drug-likeness (QED) is 0.288. The van der Waals surface area contributed by atoms with Crippen molar-refractivity contribution in [1.82, 2.24) is 14.9 Å². The number of guanidine groups is 1. The van der Waals surface area contributed by atoms with Crippen LogP contribution in [0, 0.1) is 0 Å². The van der Waals surface area contributed by atoms with Crippen molar-refractivity contribution in [2.45, 2.75) is 75.5 Å². The van der Waals surface area contributed by atoms with Crippen molar-refractivity contribution in [1.29, 1.82) is 0 Å². The molecule has 0 radical (unpaired) electrons. The first-order chi connectivity index (χ1) is 14.0. The topological polar surface area (TPSA) is 94.0 Å². The molecule has 3 rings (SSSR count). The Bertz CT molecular complexity index is 789. The molecule has 1 aromatic rings. The van der Waals surface area contributed by atoms with E-state index in [1.54, 1.807) is 22.5 Å². The predicted molar refractivity (Wildman–Crippen MR) is 131 cm³/mol. The highest BCUT2D eigenvalue weighted by atomic mass is 127. The number of piperidine rings is 1. The van der Waals surface area contributed by atoms with E-state index in [4.69, 9.17) is 0 Å². The Hall–Kier alpha value is -0.910. The maximum Gasteiger partial charge on any atom is 0.243 e. The van der Waals surface area contributed by atoms with Crippen LogP contribution in [0.15, 0.2) is 34.2 Å². The molecule has 30 heavy (non-hydrogen) atoms. The molecule has 0 spiro atoms. The van der Waals surface area contributed by atoms with Crippen molar-refractivity contribution in [2.75, 3.05) is 19.6 Å². The molecule has 3 N–H and O–H groups in total. The Labute approximate surface area is 197 Å². The van der Waals surface area contributed by atoms with Crippen molar-refractivity contribution in [3.63, 3.8) is 0 Å². The van der Waals surface area contributed by atoms with Crippen LogP contribution in [0.3, 0.4) is 0 Å². The van der Waals surface area contributed by atoms with Gasteiger partial charge in [-0.05, 0) is 63.1 Å². The minimum atomic E-state index is -3.43. The fraction of sp³-hybridized carbons (Fsp3) is 0.667. The first-order valence-corrected chi connectivity index (χ1v) is 12.2. The summed E-state index contributed by atoms with van der Waals surface area (Å²) in [7, 11) is -3.43. The third-order valence-electron chi connectivity index (χ3n) is 5.65. The summed E-state index contributed by atoms with van der Waals surface area (Å²) in [4.78, 5) is 5.01. The molecule has 0 bridgehead atoms. The van der Waals surface area contributed by atoms with Crippen LogP contribution in [0.25, 0.3) is 0 Å². The molecule has 0 amide bonds. The average molecular weight is 551 g/mol. The molecular weight excluding hydrogens is 515 g/mol. The maximum atomic E-state index is 12.9. The summed E-state index contributed by atoms with van der Waals surface area (Å²) >= 11 is 0. The lowest BCUT2D eigenvalue weighted by Gasteiger charge is -2.27. The minimum absolute atomic E-state index is 0. The molecule has 0 unspecified atom stereocenters. The monoisotopic (exact) mass is 550 g/mol. The molecule has 2 fully saturated rings. The zero-order valence-corrected chi connectivity index (χ0v) is 20.9. The summed E-state index contributed by atoms with van der Waals surface area (Å²) in [5.41, 5.74) is 0.874. The Morgan fingerprint density at radius 3 is 2.53 bits per heavy atom. The molecule has 2 aliphatic rings. The molecule has 1 aliphatic carbocycles. The summed E-state index contributed by atoms with van der Waals surface area (Å²) in [5.74, 6) is 0.734. The van der Waals surface area contributed by atoms with Crippen molar-refractivity contribution in [3.8, 4) is 0 Å². The van der Waals surface area contributed by atoms with Gasteiger partial charge < -0.3 is 15.7 Å². The Morgan fingerprint density at radius 2 is 1.87 bits per heavy atom. The van der Waals surface area contributed by atoms with E-state index in [1.165, 1.54) is 0 Å². The molecule has 9 heteroatoms. The summed E-state index contributed by atoms with van der Waals surface area (Å²) in [5, 5.41) is 16.4. The van der Waals surface area contributed by atoms with Crippen molar-refractivity contribution < 1.29 is 13.5 Å². The van der Waals surface area contributed by atoms with Gasteiger partial charge in [0, 0.05) is 25.7 Å². The van der Waals surface area contributed by atoms with E-state index in [-0.39, 0.29) is 30.1 Å². The van der Waals surface area contributed by atoms with Gasteiger partial charge in [-0.2, -0.15) is 4.31 Å². The summed E-state index contributed by atoms with van der Waals surface area (Å²) in [6, 6.07) is 7.44. The van der Waals surface area contributed by atoms with E-state index in [1.807, 2.05) is 13.0 Å². The third-order valence-corrected chi connectivity index (χ3v) is 7.55. The lowest BCUT2D eigenvalue weighted by Crippen LogP contribution is -2.45. The predicted octanol–water partition coefficient (Wildman–Crippen LogP) is 2.84. The summed E-state index contributed by atoms with van der Waals surface area (Å²) < 4.78 is 27.4. The van der Waals surface area contributed by atoms with Crippen molar-refractivity contribution >= 4 is 40.0 Å². The van der Waals surface area contributed by atoms with Crippen LogP contribution in [0.1, 0.15) is 57.4 Å². The maximum absolute atomic E-state index is 12.9. The van der Waals surface area contributed by atoms with E-state index in [0.29, 0.717) is 30.6 Å². The highest BCUT2D eigenvalue weighted by Gasteiger charge is 2.26. The van der Waals surface area contributed by atoms with Gasteiger partial charge in [0.25, 0.3) is 0 Å². The fourth-order valence-electron chi connectivity index (χ4n) is 3.96. The number of nitrogens with zero attached hydrogens (tertiary/aromatic N) is 2. The Balaban J connectivity index is 0.00000320. The van der Waals surface area contributed by atoms with E-state index < -0.39 is 10.0 Å². The molecule has 1 aliphatic heterocycles. The number of hydrogen-bond donors (Lipinski definition) is 3. The van der Waals surface area contributed by atoms with Gasteiger partial charge >= 0.3 is 0 Å². The molecule has 0 atom stereocenters. The smallest absolute Gasteiger partial charge is 0.243 e. The number of nitrogens with one attached hydrogen (secondary N) is 2. The normalized spacial score (nSPS) is 23.5. The zero-order chi connectivity index (χ0) is 20.7. The van der Waals surface area contributed by atoms with Gasteiger partial charge in [-0.15, -0.1) is 24.0 Å². The van der Waals surface area contributed by atoms with E-state index in [2.05, 4.69) is 15.6 Å². The van der Waals surface area contributed by atoms with Gasteiger partial charge in [0.2, 0.25) is 10.0 Å². The minimum Gasteiger partial charge on any atom is -0.393 e. The van der Waals surface area contributed by atoms with E-state index in [9.17, 15) is 13.5 Å². The first kappa shape index (κ1) is 25.4. The molecule has 170 valence electrons. The third kappa shape index (κ3) is 7.06. The largest absolute Gasteiger partial charge is 0.393 e. The lowest BCUT2D eigenvalue weighted by atomic mass is 9.93. The molecule has 0 aromatic heterocycles. The average Bonchev–Trinajstić information content (AvgIpc) is 2.74. The first-order valence-electron chi connectivity index (χ1n) is 10.8. The van der Waals surface area contributed by atoms with Crippen molar-refractivity contribution in [3.05, 3.63) is 29.8 Å². The lowest BCUT2D eigenvalue weighted by molar-refractivity contribution is 0.120. The molecular formula is C21H35IN4O3S. The van der Waals surface area contributed by atoms with Gasteiger partial charge in [0.15, 0.2) is 5.96 Å². The highest BCUT2D eigenvalue weighted by Crippen LogP contribution is 2.22. The van der Waals surface area contributed by atoms with E-state index >= 15 is 0 Å². The second kappa shape index (κ2) is 12.2. The number of halogens is 1. The second-order valence-corrected chi connectivity index (χ2v) is 9.90. The number of aliphatic hydroxyl groups is 1. The second-order valence-electron chi connectivity index (χ2n) is 7.96. The number of rotatable bonds is 6. The fourth-order valence-corrected chi connectivity index (χ4v) is 5.55. The standard InChI is InChI=1S/C21H34N4O3S.HI/c1-2-22-21(24-18-9-11-19(26)12-10-18)23-16-17-7-6-8-20(15-17)29(27,28)25-13-4-3-5-14-25;/h6-8,15,18-19,26H,2-5,9-14,16H2,1H3,(H2,22,23,24);1H. The number of sulfonamides is 1. The molecule has 1 heterocycles. The Morgan fingerprint density at radius 1 is 1.17 bits per heavy atom. The van der Waals surface area contributed by atoms with Crippen LogP contribution in [0.4, 0.5) is 0 Å². The highest BCUT2D eigenvalue weighted by molar-refractivity contribution is 14.0. The van der Waals surface area contributed by atoms with Crippen LogP contribution >= 0.6 is 24.0 Å². The zero-order valence-electron chi connectivity index (χ0n) is 17.7. The van der Waals surface area contributed by atoms with Gasteiger partial charge in [0.05, 0.1) is 17.5 Å². The molecule has 1 saturated carbocycles. The SMILES string of the molecule is CCNC(=NCc1cccc(S(=O)(=O)N2CCCCC2)c1)NC1CCC(O)CC1.I. The number of benzene rings is 1. The van der Waals surface area contributed by atoms with Crippen LogP contribution in [0.5, 0.6) is 0 Å². The van der Waals surface area contributed by atoms with Gasteiger partial charge in [-0.1, -0.05) is 18.6 Å².